The largest absolute Gasteiger partial charge is 0.249 e. The molecule has 2 aromatic carbocycles. The summed E-state index contributed by atoms with van der Waals surface area (Å²) >= 11 is 0. The molecule has 21 heavy (non-hydrogen) atoms. The number of benzene rings is 2. The van der Waals surface area contributed by atoms with Crippen LogP contribution in [0.2, 0.25) is 0 Å². The zero-order valence-corrected chi connectivity index (χ0v) is 11.2. The molecule has 4 heteroatoms. The summed E-state index contributed by atoms with van der Waals surface area (Å²) in [4.78, 5) is 4.48. The first-order valence-corrected chi connectivity index (χ1v) is 6.58. The van der Waals surface area contributed by atoms with Crippen LogP contribution in [0.4, 0.5) is 5.69 Å². The van der Waals surface area contributed by atoms with Crippen LogP contribution in [0.1, 0.15) is 11.7 Å². The zero-order valence-electron chi connectivity index (χ0n) is 11.2. The quantitative estimate of drug-likeness (QED) is 0.655. The van der Waals surface area contributed by atoms with Gasteiger partial charge in [0.05, 0.1) is 23.0 Å². The van der Waals surface area contributed by atoms with Gasteiger partial charge >= 0.3 is 0 Å². The predicted octanol–water partition coefficient (Wildman–Crippen LogP) is 4.58. The van der Waals surface area contributed by atoms with Crippen LogP contribution in [0.25, 0.3) is 10.9 Å². The Labute approximate surface area is 122 Å². The maximum Gasteiger partial charge on any atom is 0.199 e. The molecule has 0 spiro atoms. The van der Waals surface area contributed by atoms with E-state index in [-0.39, 0.29) is 0 Å². The number of rotatable bonds is 3. The van der Waals surface area contributed by atoms with Gasteiger partial charge in [0.2, 0.25) is 0 Å². The maximum absolute atomic E-state index is 9.29. The van der Waals surface area contributed by atoms with Crippen molar-refractivity contribution in [2.75, 3.05) is 0 Å². The lowest BCUT2D eigenvalue weighted by molar-refractivity contribution is 0.823. The smallest absolute Gasteiger partial charge is 0.199 e. The van der Waals surface area contributed by atoms with Crippen LogP contribution >= 0.6 is 0 Å². The van der Waals surface area contributed by atoms with Gasteiger partial charge in [-0.1, -0.05) is 42.5 Å². The molecule has 0 aliphatic carbocycles. The van der Waals surface area contributed by atoms with Gasteiger partial charge in [0.1, 0.15) is 0 Å². The van der Waals surface area contributed by atoms with Crippen molar-refractivity contribution >= 4 is 16.6 Å². The molecule has 0 bridgehead atoms. The van der Waals surface area contributed by atoms with Crippen LogP contribution in [0.15, 0.2) is 77.0 Å². The van der Waals surface area contributed by atoms with Crippen LogP contribution in [0.5, 0.6) is 0 Å². The Bertz CT molecular complexity index is 819. The van der Waals surface area contributed by atoms with Crippen LogP contribution in [0.3, 0.4) is 0 Å². The third kappa shape index (κ3) is 2.93. The number of hydrogen-bond donors (Lipinski definition) is 0. The van der Waals surface area contributed by atoms with Crippen LogP contribution in [-0.4, -0.2) is 4.98 Å². The summed E-state index contributed by atoms with van der Waals surface area (Å²) in [5.74, 6) is 0. The highest BCUT2D eigenvalue weighted by molar-refractivity contribution is 5.78. The van der Waals surface area contributed by atoms with Gasteiger partial charge < -0.3 is 0 Å². The molecule has 0 fully saturated rings. The number of para-hydroxylation sites is 1. The minimum atomic E-state index is -0.699. The summed E-state index contributed by atoms with van der Waals surface area (Å²) in [5, 5.41) is 18.5. The summed E-state index contributed by atoms with van der Waals surface area (Å²) < 4.78 is 0. The topological polar surface area (TPSA) is 61.4 Å². The Morgan fingerprint density at radius 1 is 0.905 bits per heavy atom. The number of pyridine rings is 1. The third-order valence-electron chi connectivity index (χ3n) is 3.07. The molecule has 1 atom stereocenters. The highest BCUT2D eigenvalue weighted by Crippen LogP contribution is 2.21. The molecule has 0 amide bonds. The van der Waals surface area contributed by atoms with E-state index in [9.17, 15) is 5.26 Å². The highest BCUT2D eigenvalue weighted by atomic mass is 15.1. The number of azo groups is 1. The summed E-state index contributed by atoms with van der Waals surface area (Å²) in [6, 6.07) is 22.3. The van der Waals surface area contributed by atoms with Gasteiger partial charge in [-0.3, -0.25) is 0 Å². The Morgan fingerprint density at radius 2 is 1.67 bits per heavy atom. The second-order valence-corrected chi connectivity index (χ2v) is 4.51. The molecular weight excluding hydrogens is 260 g/mol. The van der Waals surface area contributed by atoms with E-state index in [2.05, 4.69) is 21.3 Å². The van der Waals surface area contributed by atoms with E-state index in [1.165, 1.54) is 0 Å². The summed E-state index contributed by atoms with van der Waals surface area (Å²) in [5.41, 5.74) is 2.18. The Hall–Kier alpha value is -3.06. The fourth-order valence-corrected chi connectivity index (χ4v) is 2.00. The minimum Gasteiger partial charge on any atom is -0.249 e. The average molecular weight is 272 g/mol. The zero-order chi connectivity index (χ0) is 14.5. The molecule has 1 aromatic heterocycles. The van der Waals surface area contributed by atoms with Gasteiger partial charge in [0.15, 0.2) is 6.04 Å². The lowest BCUT2D eigenvalue weighted by atomic mass is 10.1. The van der Waals surface area contributed by atoms with Gasteiger partial charge in [-0.05, 0) is 24.3 Å². The average Bonchev–Trinajstić information content (AvgIpc) is 2.56. The fourth-order valence-electron chi connectivity index (χ4n) is 2.00. The van der Waals surface area contributed by atoms with Crippen LogP contribution in [-0.2, 0) is 0 Å². The number of hydrogen-bond acceptors (Lipinski definition) is 4. The molecule has 4 nitrogen and oxygen atoms in total. The molecule has 100 valence electrons. The standard InChI is InChI=1S/C17H12N4/c18-12-17(21-20-14-7-2-1-3-8-14)16-11-10-13-6-4-5-9-15(13)19-16/h1-11,17H. The predicted molar refractivity (Wildman–Crippen MR) is 81.1 cm³/mol. The van der Waals surface area contributed by atoms with Gasteiger partial charge in [0.25, 0.3) is 0 Å². The lowest BCUT2D eigenvalue weighted by Crippen LogP contribution is -1.95. The molecular formula is C17H12N4. The van der Waals surface area contributed by atoms with Crippen molar-refractivity contribution in [2.45, 2.75) is 6.04 Å². The van der Waals surface area contributed by atoms with E-state index in [0.717, 1.165) is 16.6 Å². The number of nitriles is 1. The van der Waals surface area contributed by atoms with Gasteiger partial charge in [-0.25, -0.2) is 4.98 Å². The van der Waals surface area contributed by atoms with Gasteiger partial charge in [0, 0.05) is 5.39 Å². The molecule has 1 unspecified atom stereocenters. The van der Waals surface area contributed by atoms with Gasteiger partial charge in [-0.15, -0.1) is 0 Å². The molecule has 0 aliphatic heterocycles. The molecule has 3 aromatic rings. The molecule has 0 saturated heterocycles. The van der Waals surface area contributed by atoms with Crippen molar-refractivity contribution in [2.24, 2.45) is 10.2 Å². The van der Waals surface area contributed by atoms with Crippen molar-refractivity contribution in [3.63, 3.8) is 0 Å². The Balaban J connectivity index is 1.91. The SMILES string of the molecule is N#CC(N=Nc1ccccc1)c1ccc2ccccc2n1. The first-order valence-electron chi connectivity index (χ1n) is 6.58. The number of nitrogens with zero attached hydrogens (tertiary/aromatic N) is 4. The highest BCUT2D eigenvalue weighted by Gasteiger charge is 2.11. The normalized spacial score (nSPS) is 12.3. The second kappa shape index (κ2) is 5.93. The molecule has 0 aliphatic rings. The monoisotopic (exact) mass is 272 g/mol. The molecule has 0 N–H and O–H groups in total. The molecule has 3 rings (SSSR count). The van der Waals surface area contributed by atoms with Crippen molar-refractivity contribution in [1.82, 2.24) is 4.98 Å². The Morgan fingerprint density at radius 3 is 2.48 bits per heavy atom. The van der Waals surface area contributed by atoms with E-state index in [1.54, 1.807) is 0 Å². The number of fused-ring (bicyclic) bond motifs is 1. The fraction of sp³-hybridized carbons (Fsp3) is 0.0588. The first-order chi connectivity index (χ1) is 10.4. The van der Waals surface area contributed by atoms with E-state index in [4.69, 9.17) is 0 Å². The van der Waals surface area contributed by atoms with Crippen molar-refractivity contribution in [3.8, 4) is 6.07 Å². The van der Waals surface area contributed by atoms with E-state index in [0.29, 0.717) is 5.69 Å². The second-order valence-electron chi connectivity index (χ2n) is 4.51. The van der Waals surface area contributed by atoms with Crippen molar-refractivity contribution < 1.29 is 0 Å². The van der Waals surface area contributed by atoms with E-state index >= 15 is 0 Å². The van der Waals surface area contributed by atoms with E-state index in [1.807, 2.05) is 66.7 Å². The maximum atomic E-state index is 9.29. The first kappa shape index (κ1) is 12.9. The lowest BCUT2D eigenvalue weighted by Gasteiger charge is -2.04. The van der Waals surface area contributed by atoms with E-state index < -0.39 is 6.04 Å². The van der Waals surface area contributed by atoms with Gasteiger partial charge in [-0.2, -0.15) is 15.5 Å². The van der Waals surface area contributed by atoms with Crippen molar-refractivity contribution in [1.29, 1.82) is 5.26 Å². The molecule has 0 radical (unpaired) electrons. The minimum absolute atomic E-state index is 0.607. The van der Waals surface area contributed by atoms with Crippen LogP contribution in [0, 0.1) is 11.3 Å². The number of aromatic nitrogens is 1. The summed E-state index contributed by atoms with van der Waals surface area (Å²) in [6.45, 7) is 0. The summed E-state index contributed by atoms with van der Waals surface area (Å²) in [7, 11) is 0. The Kier molecular flexibility index (Phi) is 3.66. The summed E-state index contributed by atoms with van der Waals surface area (Å²) in [6.07, 6.45) is 0. The van der Waals surface area contributed by atoms with Crippen LogP contribution < -0.4 is 0 Å². The molecule has 1 heterocycles. The third-order valence-corrected chi connectivity index (χ3v) is 3.07. The molecule has 0 saturated carbocycles. The van der Waals surface area contributed by atoms with Crippen molar-refractivity contribution in [3.05, 3.63) is 72.4 Å².